The Morgan fingerprint density at radius 1 is 0.439 bits per heavy atom. The first-order chi connectivity index (χ1) is 39.9. The number of rotatable bonds is 8. The normalized spacial score (nSPS) is 13.4. The van der Waals surface area contributed by atoms with Crippen molar-refractivity contribution in [2.75, 3.05) is 9.80 Å². The van der Waals surface area contributed by atoms with Crippen LogP contribution in [0.25, 0.3) is 44.7 Å². The summed E-state index contributed by atoms with van der Waals surface area (Å²) >= 11 is 2.52. The number of benzene rings is 10. The molecule has 0 bridgehead atoms. The van der Waals surface area contributed by atoms with Crippen LogP contribution in [0.1, 0.15) is 74.9 Å². The van der Waals surface area contributed by atoms with Gasteiger partial charge in [-0.25, -0.2) is 0 Å². The van der Waals surface area contributed by atoms with Gasteiger partial charge in [0, 0.05) is 23.3 Å². The van der Waals surface area contributed by atoms with E-state index in [9.17, 15) is 0 Å². The molecular formula is C75H59N5OPt-2. The summed E-state index contributed by atoms with van der Waals surface area (Å²) in [5.74, 6) is 1.96. The molecule has 0 aliphatic carbocycles. The molecule has 82 heavy (non-hydrogen) atoms. The number of fused-ring (bicyclic) bond motifs is 9. The number of ether oxygens (including phenoxy) is 1. The fraction of sp³-hybridized carbons (Fsp3) is 0.120. The Kier molecular flexibility index (Phi) is 12.4. The van der Waals surface area contributed by atoms with Crippen molar-refractivity contribution >= 4 is 45.3 Å². The van der Waals surface area contributed by atoms with Crippen LogP contribution in [0.3, 0.4) is 0 Å². The molecule has 0 atom stereocenters. The number of hydrogen-bond acceptors (Lipinski definition) is 4. The molecule has 2 aromatic heterocycles. The Morgan fingerprint density at radius 2 is 0.951 bits per heavy atom. The fourth-order valence-corrected chi connectivity index (χ4v) is 13.6. The predicted octanol–water partition coefficient (Wildman–Crippen LogP) is 19.2. The second-order valence-electron chi connectivity index (χ2n) is 23.4. The van der Waals surface area contributed by atoms with E-state index in [1.54, 1.807) is 0 Å². The molecule has 402 valence electrons. The maximum atomic E-state index is 7.29. The van der Waals surface area contributed by atoms with E-state index >= 15 is 0 Å². The molecule has 0 unspecified atom stereocenters. The molecule has 0 radical (unpaired) electrons. The molecule has 0 fully saturated rings. The molecule has 2 aliphatic rings. The summed E-state index contributed by atoms with van der Waals surface area (Å²) in [7, 11) is 0. The zero-order valence-electron chi connectivity index (χ0n) is 46.6. The van der Waals surface area contributed by atoms with Crippen LogP contribution in [0.4, 0.5) is 34.3 Å². The van der Waals surface area contributed by atoms with Gasteiger partial charge in [-0.2, -0.15) is 0 Å². The topological polar surface area (TPSA) is 38.5 Å². The third-order valence-corrected chi connectivity index (χ3v) is 17.3. The van der Waals surface area contributed by atoms with Crippen molar-refractivity contribution in [2.24, 2.45) is 0 Å². The summed E-state index contributed by atoms with van der Waals surface area (Å²) in [4.78, 5) is 9.91. The van der Waals surface area contributed by atoms with Crippen molar-refractivity contribution in [1.29, 1.82) is 0 Å². The van der Waals surface area contributed by atoms with E-state index in [1.165, 1.54) is 16.7 Å². The molecule has 4 heterocycles. The summed E-state index contributed by atoms with van der Waals surface area (Å²) in [6.07, 6.45) is 1.94. The van der Waals surface area contributed by atoms with Crippen molar-refractivity contribution < 1.29 is 24.1 Å². The summed E-state index contributed by atoms with van der Waals surface area (Å²) in [6.45, 7) is 13.5. The molecule has 7 heteroatoms. The van der Waals surface area contributed by atoms with Crippen molar-refractivity contribution in [2.45, 2.75) is 57.8 Å². The van der Waals surface area contributed by atoms with Crippen LogP contribution in [0.2, 0.25) is 0 Å². The minimum absolute atomic E-state index is 0.128. The van der Waals surface area contributed by atoms with E-state index in [0.29, 0.717) is 11.5 Å². The predicted molar refractivity (Wildman–Crippen MR) is 331 cm³/mol. The van der Waals surface area contributed by atoms with Gasteiger partial charge in [0.05, 0.1) is 0 Å². The summed E-state index contributed by atoms with van der Waals surface area (Å²) in [6, 6.07) is 95.2. The van der Waals surface area contributed by atoms with Gasteiger partial charge >= 0.3 is 331 Å². The first-order valence-electron chi connectivity index (χ1n) is 28.0. The summed E-state index contributed by atoms with van der Waals surface area (Å²) in [5.41, 5.74) is 19.6. The standard InChI is InChI=1S/C75H59N5O.Pt/c1-73(2,3)53-43-44-76-71(47-53)80-67-38-21-18-35-63(67)75(61-33-16-19-36-65(61)79(55-29-14-9-15-30-55)66-37-20-17-34-62(66)75)64-42-41-57(49-70(64)80)81-58-46-54(74(4,5)6)45-56(48-58)77-50-78(69-40-23-22-39-68(69)77)72-59(51-25-10-7-11-26-51)31-24-32-60(72)52-27-12-8-13-28-52;/h7-47H,1-6H3;/q-2;. The van der Waals surface area contributed by atoms with E-state index in [4.69, 9.17) is 9.72 Å². The maximum absolute atomic E-state index is 7.29. The van der Waals surface area contributed by atoms with Gasteiger partial charge in [-0.1, -0.05) is 93.6 Å². The monoisotopic (exact) mass is 1240 g/mol. The Bertz CT molecular complexity index is 4390. The summed E-state index contributed by atoms with van der Waals surface area (Å²) < 4.78 is 13.0. The fourth-order valence-electron chi connectivity index (χ4n) is 12.5. The summed E-state index contributed by atoms with van der Waals surface area (Å²) in [5, 5.41) is 0. The van der Waals surface area contributed by atoms with Crippen molar-refractivity contribution in [3.05, 3.63) is 298 Å². The van der Waals surface area contributed by atoms with Gasteiger partial charge < -0.3 is 4.90 Å². The number of pyridine rings is 1. The molecule has 2 aliphatic heterocycles. The van der Waals surface area contributed by atoms with E-state index in [2.05, 4.69) is 335 Å². The van der Waals surface area contributed by atoms with Crippen LogP contribution < -0.4 is 14.5 Å². The van der Waals surface area contributed by atoms with Gasteiger partial charge in [-0.05, 0) is 41.3 Å². The SMILES string of the molecule is CC(C)(C)c1cc(Oc2[c-]c3c(cc2)C2(c4ccccc4N3c3cc(C(C)(C)C)ccn3)c3ccccc3N(c3ccccc3)c3ccccc32)[c-]c(-n2[c](=[Pt])n(-c3c(-c4ccccc4)cccc3-c3ccccc3)c3ccccc32)c1. The second-order valence-corrected chi connectivity index (χ2v) is 24.4. The molecule has 0 N–H and O–H groups in total. The number of imidazole rings is 1. The molecule has 14 rings (SSSR count). The number of aromatic nitrogens is 3. The molecule has 10 aromatic carbocycles. The number of hydrogen-bond donors (Lipinski definition) is 0. The van der Waals surface area contributed by atoms with Crippen LogP contribution in [0.15, 0.2) is 249 Å². The van der Waals surface area contributed by atoms with Gasteiger partial charge in [-0.15, -0.1) is 0 Å². The molecular weight excluding hydrogens is 1180 g/mol. The number of para-hydroxylation sites is 7. The van der Waals surface area contributed by atoms with Crippen molar-refractivity contribution in [1.82, 2.24) is 14.1 Å². The Morgan fingerprint density at radius 3 is 1.52 bits per heavy atom. The van der Waals surface area contributed by atoms with Gasteiger partial charge in [-0.3, -0.25) is 0 Å². The van der Waals surface area contributed by atoms with Gasteiger partial charge in [0.15, 0.2) is 0 Å². The van der Waals surface area contributed by atoms with Gasteiger partial charge in [0.2, 0.25) is 0 Å². The first-order valence-corrected chi connectivity index (χ1v) is 29.2. The van der Waals surface area contributed by atoms with Crippen LogP contribution >= 0.6 is 0 Å². The zero-order valence-corrected chi connectivity index (χ0v) is 48.9. The van der Waals surface area contributed by atoms with E-state index < -0.39 is 5.41 Å². The van der Waals surface area contributed by atoms with Crippen molar-refractivity contribution in [3.63, 3.8) is 0 Å². The van der Waals surface area contributed by atoms with E-state index in [1.807, 2.05) is 6.20 Å². The quantitative estimate of drug-likeness (QED) is 0.142. The molecule has 1 spiro atoms. The Hall–Kier alpha value is -9.09. The van der Waals surface area contributed by atoms with Crippen LogP contribution in [-0.2, 0) is 35.6 Å². The van der Waals surface area contributed by atoms with Crippen molar-refractivity contribution in [3.8, 4) is 45.1 Å². The first kappa shape index (κ1) is 51.1. The second kappa shape index (κ2) is 19.9. The van der Waals surface area contributed by atoms with E-state index in [-0.39, 0.29) is 10.8 Å². The number of anilines is 6. The minimum atomic E-state index is -0.774. The van der Waals surface area contributed by atoms with Crippen LogP contribution in [0, 0.1) is 15.9 Å². The van der Waals surface area contributed by atoms with E-state index in [0.717, 1.165) is 99.4 Å². The van der Waals surface area contributed by atoms with Crippen LogP contribution in [-0.4, -0.2) is 14.1 Å². The molecule has 12 aromatic rings. The third kappa shape index (κ3) is 8.33. The van der Waals surface area contributed by atoms with Crippen LogP contribution in [0.5, 0.6) is 11.5 Å². The van der Waals surface area contributed by atoms with Gasteiger partial charge in [0.25, 0.3) is 0 Å². The molecule has 0 saturated carbocycles. The average molecular weight is 1240 g/mol. The third-order valence-electron chi connectivity index (χ3n) is 16.3. The molecule has 6 nitrogen and oxygen atoms in total. The average Bonchev–Trinajstić information content (AvgIpc) is 1.69. The Balaban J connectivity index is 0.984. The molecule has 0 saturated heterocycles. The van der Waals surface area contributed by atoms with Gasteiger partial charge in [0.1, 0.15) is 0 Å². The Labute approximate surface area is 491 Å². The number of nitrogens with zero attached hydrogens (tertiary/aromatic N) is 5. The molecule has 0 amide bonds. The zero-order chi connectivity index (χ0) is 55.9.